The van der Waals surface area contributed by atoms with E-state index in [0.29, 0.717) is 17.9 Å². The summed E-state index contributed by atoms with van der Waals surface area (Å²) in [5, 5.41) is 0. The van der Waals surface area contributed by atoms with Crippen LogP contribution in [0.4, 0.5) is 0 Å². The van der Waals surface area contributed by atoms with E-state index in [1.165, 1.54) is 6.26 Å². The van der Waals surface area contributed by atoms with Gasteiger partial charge in [-0.05, 0) is 19.1 Å². The van der Waals surface area contributed by atoms with E-state index < -0.39 is 0 Å². The lowest BCUT2D eigenvalue weighted by molar-refractivity contribution is 0.0526. The van der Waals surface area contributed by atoms with Gasteiger partial charge in [-0.1, -0.05) is 0 Å². The van der Waals surface area contributed by atoms with Crippen LogP contribution < -0.4 is 0 Å². The minimum atomic E-state index is -0.329. The number of H-pyrrole nitrogens is 1. The molecule has 0 amide bonds. The Hall–Kier alpha value is -1.71. The van der Waals surface area contributed by atoms with Crippen molar-refractivity contribution in [3.63, 3.8) is 0 Å². The van der Waals surface area contributed by atoms with Crippen molar-refractivity contribution >= 4 is 12.0 Å². The summed E-state index contributed by atoms with van der Waals surface area (Å²) in [5.74, 6) is -0.329. The lowest BCUT2D eigenvalue weighted by atomic mass is 10.2. The largest absolute Gasteiger partial charge is 0.504 e. The van der Waals surface area contributed by atoms with Gasteiger partial charge in [-0.2, -0.15) is 0 Å². The first-order valence-electron chi connectivity index (χ1n) is 4.33. The van der Waals surface area contributed by atoms with Crippen LogP contribution in [-0.2, 0) is 9.47 Å². The molecule has 76 valence electrons. The summed E-state index contributed by atoms with van der Waals surface area (Å²) in [6, 6.07) is 1.67. The molecule has 0 radical (unpaired) electrons. The zero-order valence-corrected chi connectivity index (χ0v) is 8.24. The minimum absolute atomic E-state index is 0.329. The first kappa shape index (κ1) is 10.4. The van der Waals surface area contributed by atoms with Crippen LogP contribution in [0.5, 0.6) is 0 Å². The third-order valence-corrected chi connectivity index (χ3v) is 1.65. The SMILES string of the molecule is CCOC(=O)c1cc[nH]c1C=COC. The summed E-state index contributed by atoms with van der Waals surface area (Å²) in [6.07, 6.45) is 4.85. The third-order valence-electron chi connectivity index (χ3n) is 1.65. The summed E-state index contributed by atoms with van der Waals surface area (Å²) in [7, 11) is 1.55. The second-order valence-corrected chi connectivity index (χ2v) is 2.56. The van der Waals surface area contributed by atoms with Crippen molar-refractivity contribution in [3.05, 3.63) is 29.8 Å². The molecule has 0 aromatic carbocycles. The highest BCUT2D eigenvalue weighted by atomic mass is 16.5. The number of aromatic nitrogens is 1. The Morgan fingerprint density at radius 3 is 3.07 bits per heavy atom. The van der Waals surface area contributed by atoms with E-state index in [4.69, 9.17) is 9.47 Å². The Morgan fingerprint density at radius 2 is 2.43 bits per heavy atom. The molecule has 0 aliphatic heterocycles. The van der Waals surface area contributed by atoms with Crippen LogP contribution in [0.15, 0.2) is 18.5 Å². The molecule has 0 saturated heterocycles. The second-order valence-electron chi connectivity index (χ2n) is 2.56. The maximum Gasteiger partial charge on any atom is 0.340 e. The molecular weight excluding hydrogens is 182 g/mol. The number of aromatic amines is 1. The first-order valence-corrected chi connectivity index (χ1v) is 4.33. The molecule has 1 N–H and O–H groups in total. The number of esters is 1. The minimum Gasteiger partial charge on any atom is -0.504 e. The van der Waals surface area contributed by atoms with E-state index in [-0.39, 0.29) is 5.97 Å². The first-order chi connectivity index (χ1) is 6.79. The Bertz CT molecular complexity index is 328. The lowest BCUT2D eigenvalue weighted by Crippen LogP contribution is -2.04. The maximum atomic E-state index is 11.4. The quantitative estimate of drug-likeness (QED) is 0.588. The predicted octanol–water partition coefficient (Wildman–Crippen LogP) is 1.81. The van der Waals surface area contributed by atoms with Crippen molar-refractivity contribution in [3.8, 4) is 0 Å². The Morgan fingerprint density at radius 1 is 1.64 bits per heavy atom. The highest BCUT2D eigenvalue weighted by molar-refractivity contribution is 5.93. The van der Waals surface area contributed by atoms with Crippen LogP contribution >= 0.6 is 0 Å². The van der Waals surface area contributed by atoms with E-state index in [1.54, 1.807) is 32.4 Å². The van der Waals surface area contributed by atoms with Crippen molar-refractivity contribution in [1.82, 2.24) is 4.98 Å². The van der Waals surface area contributed by atoms with Gasteiger partial charge in [0.05, 0.1) is 31.2 Å². The standard InChI is InChI=1S/C10H13NO3/c1-3-14-10(12)8-4-6-11-9(8)5-7-13-2/h4-7,11H,3H2,1-2H3. The zero-order valence-electron chi connectivity index (χ0n) is 8.24. The van der Waals surface area contributed by atoms with Gasteiger partial charge in [0.25, 0.3) is 0 Å². The van der Waals surface area contributed by atoms with Gasteiger partial charge in [-0.3, -0.25) is 0 Å². The second kappa shape index (κ2) is 5.11. The molecule has 4 heteroatoms. The summed E-state index contributed by atoms with van der Waals surface area (Å²) >= 11 is 0. The average Bonchev–Trinajstić information content (AvgIpc) is 2.63. The number of carbonyl (C=O) groups is 1. The van der Waals surface area contributed by atoms with E-state index in [0.717, 1.165) is 0 Å². The molecule has 0 fully saturated rings. The number of hydrogen-bond donors (Lipinski definition) is 1. The highest BCUT2D eigenvalue weighted by Gasteiger charge is 2.10. The molecule has 1 heterocycles. The van der Waals surface area contributed by atoms with Crippen LogP contribution in [0.1, 0.15) is 23.0 Å². The highest BCUT2D eigenvalue weighted by Crippen LogP contribution is 2.10. The zero-order chi connectivity index (χ0) is 10.4. The van der Waals surface area contributed by atoms with Gasteiger partial charge in [0.2, 0.25) is 0 Å². The Balaban J connectivity index is 2.81. The molecule has 4 nitrogen and oxygen atoms in total. The van der Waals surface area contributed by atoms with Crippen molar-refractivity contribution in [2.75, 3.05) is 13.7 Å². The summed E-state index contributed by atoms with van der Waals surface area (Å²) in [4.78, 5) is 14.3. The number of rotatable bonds is 4. The molecule has 1 rings (SSSR count). The van der Waals surface area contributed by atoms with Crippen LogP contribution in [-0.4, -0.2) is 24.7 Å². The summed E-state index contributed by atoms with van der Waals surface area (Å²) in [5.41, 5.74) is 1.20. The van der Waals surface area contributed by atoms with E-state index in [2.05, 4.69) is 4.98 Å². The third kappa shape index (κ3) is 2.39. The fraction of sp³-hybridized carbons (Fsp3) is 0.300. The number of carbonyl (C=O) groups excluding carboxylic acids is 1. The van der Waals surface area contributed by atoms with Gasteiger partial charge < -0.3 is 14.5 Å². The van der Waals surface area contributed by atoms with E-state index in [9.17, 15) is 4.79 Å². The van der Waals surface area contributed by atoms with Gasteiger partial charge in [-0.25, -0.2) is 4.79 Å². The molecule has 0 spiro atoms. The molecule has 14 heavy (non-hydrogen) atoms. The monoisotopic (exact) mass is 195 g/mol. The topological polar surface area (TPSA) is 51.3 Å². The Kier molecular flexibility index (Phi) is 3.79. The van der Waals surface area contributed by atoms with Crippen LogP contribution in [0.25, 0.3) is 6.08 Å². The lowest BCUT2D eigenvalue weighted by Gasteiger charge is -1.99. The smallest absolute Gasteiger partial charge is 0.340 e. The molecule has 1 aromatic rings. The molecule has 0 saturated carbocycles. The number of hydrogen-bond acceptors (Lipinski definition) is 3. The predicted molar refractivity (Wildman–Crippen MR) is 52.8 cm³/mol. The fourth-order valence-electron chi connectivity index (χ4n) is 1.04. The van der Waals surface area contributed by atoms with Gasteiger partial charge in [0, 0.05) is 6.20 Å². The van der Waals surface area contributed by atoms with Crippen molar-refractivity contribution in [2.45, 2.75) is 6.92 Å². The van der Waals surface area contributed by atoms with Crippen LogP contribution in [0.2, 0.25) is 0 Å². The summed E-state index contributed by atoms with van der Waals surface area (Å²) in [6.45, 7) is 2.15. The molecule has 1 aromatic heterocycles. The number of ether oxygens (including phenoxy) is 2. The van der Waals surface area contributed by atoms with Gasteiger partial charge >= 0.3 is 5.97 Å². The van der Waals surface area contributed by atoms with Crippen molar-refractivity contribution < 1.29 is 14.3 Å². The van der Waals surface area contributed by atoms with Gasteiger partial charge in [0.1, 0.15) is 0 Å². The van der Waals surface area contributed by atoms with Crippen LogP contribution in [0.3, 0.4) is 0 Å². The number of methoxy groups -OCH3 is 1. The normalized spacial score (nSPS) is 10.4. The molecule has 0 aliphatic rings. The van der Waals surface area contributed by atoms with Gasteiger partial charge in [-0.15, -0.1) is 0 Å². The molecule has 0 bridgehead atoms. The molecule has 0 unspecified atom stereocenters. The molecular formula is C10H13NO3. The van der Waals surface area contributed by atoms with E-state index >= 15 is 0 Å². The van der Waals surface area contributed by atoms with Crippen molar-refractivity contribution in [2.24, 2.45) is 0 Å². The van der Waals surface area contributed by atoms with Gasteiger partial charge in [0.15, 0.2) is 0 Å². The number of nitrogens with one attached hydrogen (secondary N) is 1. The van der Waals surface area contributed by atoms with Crippen molar-refractivity contribution in [1.29, 1.82) is 0 Å². The molecule has 0 aliphatic carbocycles. The Labute approximate surface area is 82.5 Å². The average molecular weight is 195 g/mol. The molecule has 0 atom stereocenters. The summed E-state index contributed by atoms with van der Waals surface area (Å²) < 4.78 is 9.63. The maximum absolute atomic E-state index is 11.4. The van der Waals surface area contributed by atoms with Crippen LogP contribution in [0, 0.1) is 0 Å². The van der Waals surface area contributed by atoms with E-state index in [1.807, 2.05) is 0 Å². The fourth-order valence-corrected chi connectivity index (χ4v) is 1.04.